The van der Waals surface area contributed by atoms with Gasteiger partial charge in [0.15, 0.2) is 23.3 Å². The first kappa shape index (κ1) is 67.6. The van der Waals surface area contributed by atoms with Gasteiger partial charge in [-0.05, 0) is 160 Å². The van der Waals surface area contributed by atoms with Crippen LogP contribution in [-0.4, -0.2) is 39.9 Å². The Kier molecular flexibility index (Phi) is 26.7. The molecule has 4 aromatic carbocycles. The smallest absolute Gasteiger partial charge is 0.165 e. The molecule has 0 saturated carbocycles. The van der Waals surface area contributed by atoms with Crippen LogP contribution in [0.1, 0.15) is 311 Å². The molecule has 0 aliphatic carbocycles. The molecule has 0 unspecified atom stereocenters. The normalized spacial score (nSPS) is 12.1. The molecule has 2 N–H and O–H groups in total. The molecule has 2 aliphatic rings. The van der Waals surface area contributed by atoms with Gasteiger partial charge in [-0.1, -0.05) is 252 Å². The number of H-pyrrole nitrogens is 2. The molecule has 89 heavy (non-hydrogen) atoms. The zero-order valence-electron chi connectivity index (χ0n) is 57.5. The lowest BCUT2D eigenvalue weighted by molar-refractivity contribution is 0.664. The highest BCUT2D eigenvalue weighted by Crippen LogP contribution is 2.45. The van der Waals surface area contributed by atoms with Gasteiger partial charge in [0.25, 0.3) is 0 Å². The molecule has 0 saturated heterocycles. The molecule has 5 heterocycles. The van der Waals surface area contributed by atoms with E-state index in [0.717, 1.165) is 149 Å². The summed E-state index contributed by atoms with van der Waals surface area (Å²) < 4.78 is 0. The summed E-state index contributed by atoms with van der Waals surface area (Å²) in [5.41, 5.74) is 20.3. The summed E-state index contributed by atoms with van der Waals surface area (Å²) in [6.45, 7) is 20.9. The second kappa shape index (κ2) is 35.2. The number of aromatic amines is 2. The van der Waals surface area contributed by atoms with Crippen LogP contribution in [0.15, 0.2) is 42.5 Å². The highest BCUT2D eigenvalue weighted by Gasteiger charge is 2.30. The third-order valence-electron chi connectivity index (χ3n) is 19.9. The number of hydrogen-bond donors (Lipinski definition) is 2. The fourth-order valence-corrected chi connectivity index (χ4v) is 14.8. The number of hydrogen-bond acceptors (Lipinski definition) is 6. The zero-order valence-corrected chi connectivity index (χ0v) is 57.5. The van der Waals surface area contributed by atoms with Crippen LogP contribution in [-0.2, 0) is 51.4 Å². The highest BCUT2D eigenvalue weighted by molar-refractivity contribution is 6.10. The van der Waals surface area contributed by atoms with Crippen molar-refractivity contribution in [2.24, 2.45) is 0 Å². The summed E-state index contributed by atoms with van der Waals surface area (Å²) in [6, 6.07) is 17.2. The van der Waals surface area contributed by atoms with E-state index in [-0.39, 0.29) is 0 Å². The van der Waals surface area contributed by atoms with Crippen molar-refractivity contribution in [3.63, 3.8) is 0 Å². The number of nitrogens with one attached hydrogen (secondary N) is 2. The van der Waals surface area contributed by atoms with Gasteiger partial charge in [-0.25, -0.2) is 29.9 Å². The first-order chi connectivity index (χ1) is 43.8. The summed E-state index contributed by atoms with van der Waals surface area (Å²) in [5, 5.41) is 4.85. The van der Waals surface area contributed by atoms with E-state index in [1.165, 1.54) is 248 Å². The lowest BCUT2D eigenvalue weighted by atomic mass is 9.90. The molecule has 0 fully saturated rings. The van der Waals surface area contributed by atoms with Crippen LogP contribution < -0.4 is 0 Å². The van der Waals surface area contributed by atoms with Crippen molar-refractivity contribution in [3.05, 3.63) is 92.5 Å². The van der Waals surface area contributed by atoms with Crippen LogP contribution in [0.4, 0.5) is 0 Å². The molecule has 0 atom stereocenters. The third-order valence-corrected chi connectivity index (χ3v) is 19.9. The maximum atomic E-state index is 6.04. The summed E-state index contributed by atoms with van der Waals surface area (Å²) in [6.07, 6.45) is 46.1. The van der Waals surface area contributed by atoms with E-state index in [1.807, 2.05) is 0 Å². The predicted molar refractivity (Wildman–Crippen MR) is 384 cm³/mol. The van der Waals surface area contributed by atoms with Crippen LogP contribution in [0.3, 0.4) is 0 Å². The zero-order chi connectivity index (χ0) is 62.3. The van der Waals surface area contributed by atoms with Crippen molar-refractivity contribution in [1.29, 1.82) is 0 Å². The minimum Gasteiger partial charge on any atom is -0.324 e. The number of nitrogens with zero attached hydrogens (tertiary/aromatic N) is 6. The van der Waals surface area contributed by atoms with Gasteiger partial charge < -0.3 is 9.97 Å². The Bertz CT molecular complexity index is 3540. The number of unbranched alkanes of at least 4 members (excludes halogenated alkanes) is 24. The molecule has 8 heteroatoms. The van der Waals surface area contributed by atoms with E-state index < -0.39 is 0 Å². The largest absolute Gasteiger partial charge is 0.324 e. The Labute approximate surface area is 538 Å². The van der Waals surface area contributed by atoms with E-state index in [9.17, 15) is 0 Å². The number of fused-ring (bicyclic) bond motifs is 20. The molecule has 0 radical (unpaired) electrons. The minimum atomic E-state index is 0.779. The van der Waals surface area contributed by atoms with Crippen molar-refractivity contribution >= 4 is 44.1 Å². The predicted octanol–water partition coefficient (Wildman–Crippen LogP) is 24.2. The van der Waals surface area contributed by atoms with Gasteiger partial charge in [-0.2, -0.15) is 0 Å². The van der Waals surface area contributed by atoms with Gasteiger partial charge in [0.1, 0.15) is 22.6 Å². The molecule has 3 aromatic heterocycles. The lowest BCUT2D eigenvalue weighted by Crippen LogP contribution is -1.99. The van der Waals surface area contributed by atoms with Gasteiger partial charge in [-0.15, -0.1) is 0 Å². The van der Waals surface area contributed by atoms with Crippen molar-refractivity contribution in [1.82, 2.24) is 39.9 Å². The first-order valence-corrected chi connectivity index (χ1v) is 37.2. The molecule has 7 aromatic rings. The van der Waals surface area contributed by atoms with Gasteiger partial charge in [0, 0.05) is 43.8 Å². The first-order valence-electron chi connectivity index (χ1n) is 37.2. The third kappa shape index (κ3) is 16.9. The quantitative estimate of drug-likeness (QED) is 0.0370. The van der Waals surface area contributed by atoms with Crippen molar-refractivity contribution in [3.8, 4) is 45.6 Å². The molecule has 0 amide bonds. The molecule has 0 spiro atoms. The SMILES string of the molecule is CCCCCCc1ccc(CCCCCC)c2c1-c1nc-2nc2[nH]c(nc3nc(nc4[nH]c(n1)c1c(CCCCCC)ccc(CCCCCC)c41)-c1c(CCCCCC)ccc(CCCCCC)c1-3)c1c(CCCCCC)c(C)cc(CCCCCC)c21. The van der Waals surface area contributed by atoms with Crippen LogP contribution in [0.5, 0.6) is 0 Å². The summed E-state index contributed by atoms with van der Waals surface area (Å²) in [4.78, 5) is 44.0. The van der Waals surface area contributed by atoms with Crippen LogP contribution in [0, 0.1) is 6.92 Å². The Morgan fingerprint density at radius 1 is 0.247 bits per heavy atom. The number of benzene rings is 4. The summed E-state index contributed by atoms with van der Waals surface area (Å²) in [7, 11) is 0. The average Bonchev–Trinajstić information content (AvgIpc) is 1.61. The van der Waals surface area contributed by atoms with Crippen LogP contribution in [0.25, 0.3) is 89.7 Å². The van der Waals surface area contributed by atoms with Crippen molar-refractivity contribution in [2.45, 2.75) is 319 Å². The molecule has 8 nitrogen and oxygen atoms in total. The monoisotopic (exact) mass is 1200 g/mol. The topological polar surface area (TPSA) is 109 Å². The second-order valence-corrected chi connectivity index (χ2v) is 27.1. The van der Waals surface area contributed by atoms with E-state index in [2.05, 4.69) is 115 Å². The fourth-order valence-electron chi connectivity index (χ4n) is 14.8. The van der Waals surface area contributed by atoms with Crippen molar-refractivity contribution < 1.29 is 0 Å². The maximum absolute atomic E-state index is 6.04. The Morgan fingerprint density at radius 3 is 0.775 bits per heavy atom. The fraction of sp³-hybridized carbons (Fsp3) is 0.605. The number of aryl methyl sites for hydroxylation is 9. The molecular weight excluding hydrogens is 1080 g/mol. The minimum absolute atomic E-state index is 0.779. The van der Waals surface area contributed by atoms with Gasteiger partial charge in [0.2, 0.25) is 0 Å². The molecule has 2 aliphatic heterocycles. The average molecular weight is 1200 g/mol. The van der Waals surface area contributed by atoms with E-state index >= 15 is 0 Å². The van der Waals surface area contributed by atoms with Gasteiger partial charge in [0.05, 0.1) is 0 Å². The second-order valence-electron chi connectivity index (χ2n) is 27.1. The Balaban J connectivity index is 1.49. The molecule has 8 bridgehead atoms. The van der Waals surface area contributed by atoms with E-state index in [4.69, 9.17) is 29.9 Å². The van der Waals surface area contributed by atoms with Gasteiger partial charge in [-0.3, -0.25) is 0 Å². The molecule has 480 valence electrons. The van der Waals surface area contributed by atoms with E-state index in [1.54, 1.807) is 0 Å². The standard InChI is InChI=1S/C81H116N8/c1-10-18-26-34-42-58-50-51-59(43-35-27-19-11-2)67-66(58)74-82-75(67)84-77-70-62(46-38-30-22-14-5)54-55-63(47-39-31-23-15-6)71(70)79(86-77)88-81-73-65(49-41-33-25-17-8)57(9)56-64(48-40-32-24-16-7)72(73)80(89-81)87-78-69-61(45-37-29-21-13-4)53-52-60(44-36-28-20-12-3)68(69)76(83-74)85-78/h50-56H,10-49H2,1-9H3,(H2,82,83,84,85,86,87,88,89). The Morgan fingerprint density at radius 2 is 0.483 bits per heavy atom. The maximum Gasteiger partial charge on any atom is 0.165 e. The van der Waals surface area contributed by atoms with E-state index in [0.29, 0.717) is 0 Å². The highest BCUT2D eigenvalue weighted by atomic mass is 15.1. The van der Waals surface area contributed by atoms with Crippen LogP contribution in [0.2, 0.25) is 0 Å². The Hall–Kier alpha value is -5.76. The number of aromatic nitrogens is 8. The van der Waals surface area contributed by atoms with Gasteiger partial charge >= 0.3 is 0 Å². The number of rotatable bonds is 40. The summed E-state index contributed by atoms with van der Waals surface area (Å²) in [5.74, 6) is 3.12. The summed E-state index contributed by atoms with van der Waals surface area (Å²) >= 11 is 0. The van der Waals surface area contributed by atoms with Crippen LogP contribution >= 0.6 is 0 Å². The lowest BCUT2D eigenvalue weighted by Gasteiger charge is -2.14. The molecule has 9 rings (SSSR count). The molecular formula is C81H116N8. The van der Waals surface area contributed by atoms with Crippen molar-refractivity contribution in [2.75, 3.05) is 0 Å².